The molecule has 1 aromatic rings. The van der Waals surface area contributed by atoms with Gasteiger partial charge in [0.2, 0.25) is 0 Å². The number of methoxy groups -OCH3 is 1. The Labute approximate surface area is 135 Å². The number of nitrogens with one attached hydrogen (secondary N) is 3. The van der Waals surface area contributed by atoms with E-state index >= 15 is 0 Å². The van der Waals surface area contributed by atoms with E-state index in [0.29, 0.717) is 12.2 Å². The van der Waals surface area contributed by atoms with Gasteiger partial charge in [-0.05, 0) is 43.4 Å². The number of carbonyl (C=O) groups is 1. The van der Waals surface area contributed by atoms with Gasteiger partial charge in [-0.15, -0.1) is 0 Å². The first kappa shape index (κ1) is 18.3. The molecule has 1 amide bonds. The van der Waals surface area contributed by atoms with Crippen molar-refractivity contribution in [1.82, 2.24) is 16.2 Å². The molecular formula is C13H19N3O4S2. The highest BCUT2D eigenvalue weighted by molar-refractivity contribution is 7.90. The minimum absolute atomic E-state index is 0.00375. The van der Waals surface area contributed by atoms with Gasteiger partial charge in [-0.1, -0.05) is 0 Å². The quantitative estimate of drug-likeness (QED) is 0.519. The second-order valence-corrected chi connectivity index (χ2v) is 7.13. The van der Waals surface area contributed by atoms with Crippen molar-refractivity contribution in [2.75, 3.05) is 20.0 Å². The number of thiocarbonyl (C=S) groups is 1. The van der Waals surface area contributed by atoms with Crippen LogP contribution in [0, 0.1) is 0 Å². The highest BCUT2D eigenvalue weighted by Gasteiger charge is 2.10. The van der Waals surface area contributed by atoms with Gasteiger partial charge in [0.05, 0.1) is 11.5 Å². The van der Waals surface area contributed by atoms with Crippen molar-refractivity contribution >= 4 is 33.1 Å². The number of rotatable bonds is 5. The van der Waals surface area contributed by atoms with Crippen LogP contribution in [-0.2, 0) is 14.6 Å². The van der Waals surface area contributed by atoms with Crippen molar-refractivity contribution in [2.45, 2.75) is 17.9 Å². The lowest BCUT2D eigenvalue weighted by Gasteiger charge is -2.16. The number of hydrogen-bond donors (Lipinski definition) is 3. The Morgan fingerprint density at radius 2 is 1.86 bits per heavy atom. The molecule has 0 aliphatic rings. The summed E-state index contributed by atoms with van der Waals surface area (Å²) in [5, 5.41) is 3.17. The molecule has 1 aromatic carbocycles. The van der Waals surface area contributed by atoms with E-state index in [4.69, 9.17) is 17.0 Å². The topological polar surface area (TPSA) is 96.5 Å². The first-order valence-electron chi connectivity index (χ1n) is 6.40. The lowest BCUT2D eigenvalue weighted by Crippen LogP contribution is -2.49. The minimum Gasteiger partial charge on any atom is -0.383 e. The molecule has 0 saturated carbocycles. The van der Waals surface area contributed by atoms with Gasteiger partial charge in [0.15, 0.2) is 14.9 Å². The summed E-state index contributed by atoms with van der Waals surface area (Å²) in [5.41, 5.74) is 5.30. The molecule has 1 rings (SSSR count). The summed E-state index contributed by atoms with van der Waals surface area (Å²) in [5.74, 6) is -0.427. The Morgan fingerprint density at radius 3 is 2.36 bits per heavy atom. The van der Waals surface area contributed by atoms with Gasteiger partial charge in [-0.3, -0.25) is 15.6 Å². The zero-order valence-corrected chi connectivity index (χ0v) is 14.2. The van der Waals surface area contributed by atoms with Crippen LogP contribution in [0.4, 0.5) is 0 Å². The van der Waals surface area contributed by atoms with Crippen molar-refractivity contribution in [3.63, 3.8) is 0 Å². The fourth-order valence-corrected chi connectivity index (χ4v) is 2.47. The summed E-state index contributed by atoms with van der Waals surface area (Å²) in [4.78, 5) is 12.0. The molecule has 0 heterocycles. The lowest BCUT2D eigenvalue weighted by atomic mass is 10.2. The predicted octanol–water partition coefficient (Wildman–Crippen LogP) is 0.234. The maximum absolute atomic E-state index is 11.9. The van der Waals surface area contributed by atoms with Gasteiger partial charge in [-0.25, -0.2) is 8.42 Å². The Balaban J connectivity index is 2.54. The number of benzene rings is 1. The largest absolute Gasteiger partial charge is 0.383 e. The molecule has 122 valence electrons. The molecule has 22 heavy (non-hydrogen) atoms. The maximum atomic E-state index is 11.9. The van der Waals surface area contributed by atoms with Gasteiger partial charge in [0, 0.05) is 25.0 Å². The number of ether oxygens (including phenoxy) is 1. The monoisotopic (exact) mass is 345 g/mol. The van der Waals surface area contributed by atoms with Crippen LogP contribution in [0.1, 0.15) is 17.3 Å². The number of hydrogen-bond acceptors (Lipinski definition) is 5. The molecule has 0 bridgehead atoms. The second-order valence-electron chi connectivity index (χ2n) is 4.71. The van der Waals surface area contributed by atoms with Crippen LogP contribution in [0.2, 0.25) is 0 Å². The first-order chi connectivity index (χ1) is 10.2. The van der Waals surface area contributed by atoms with Crippen LogP contribution in [-0.4, -0.2) is 45.5 Å². The fourth-order valence-electron chi connectivity index (χ4n) is 1.59. The van der Waals surface area contributed by atoms with E-state index in [1.54, 1.807) is 7.11 Å². The minimum atomic E-state index is -3.28. The van der Waals surface area contributed by atoms with Gasteiger partial charge >= 0.3 is 0 Å². The zero-order valence-electron chi connectivity index (χ0n) is 12.5. The van der Waals surface area contributed by atoms with Gasteiger partial charge in [0.1, 0.15) is 0 Å². The molecule has 0 aliphatic carbocycles. The van der Waals surface area contributed by atoms with Crippen LogP contribution in [0.25, 0.3) is 0 Å². The number of amides is 1. The summed E-state index contributed by atoms with van der Waals surface area (Å²) in [6.07, 6.45) is 1.11. The van der Waals surface area contributed by atoms with E-state index in [9.17, 15) is 13.2 Å². The molecule has 0 aliphatic heterocycles. The first-order valence-corrected chi connectivity index (χ1v) is 8.70. The SMILES string of the molecule is COC[C@H](C)NC(=S)NNC(=O)c1ccc(S(C)(=O)=O)cc1. The molecule has 0 aromatic heterocycles. The maximum Gasteiger partial charge on any atom is 0.269 e. The van der Waals surface area contributed by atoms with Crippen LogP contribution in [0.3, 0.4) is 0 Å². The Morgan fingerprint density at radius 1 is 1.27 bits per heavy atom. The summed E-state index contributed by atoms with van der Waals surface area (Å²) < 4.78 is 27.6. The van der Waals surface area contributed by atoms with Crippen molar-refractivity contribution in [3.8, 4) is 0 Å². The summed E-state index contributed by atoms with van der Waals surface area (Å²) in [7, 11) is -1.70. The molecule has 1 atom stereocenters. The standard InChI is InChI=1S/C13H19N3O4S2/c1-9(8-20-2)14-13(21)16-15-12(17)10-4-6-11(7-5-10)22(3,18)19/h4-7,9H,8H2,1-3H3,(H,15,17)(H2,14,16,21)/t9-/m0/s1. The highest BCUT2D eigenvalue weighted by Crippen LogP contribution is 2.09. The van der Waals surface area contributed by atoms with E-state index in [1.807, 2.05) is 6.92 Å². The van der Waals surface area contributed by atoms with Crippen molar-refractivity contribution < 1.29 is 17.9 Å². The van der Waals surface area contributed by atoms with Crippen molar-refractivity contribution in [3.05, 3.63) is 29.8 Å². The molecule has 0 saturated heterocycles. The van der Waals surface area contributed by atoms with Gasteiger partial charge in [-0.2, -0.15) is 0 Å². The smallest absolute Gasteiger partial charge is 0.269 e. The van der Waals surface area contributed by atoms with E-state index in [-0.39, 0.29) is 16.0 Å². The molecule has 3 N–H and O–H groups in total. The van der Waals surface area contributed by atoms with Crippen LogP contribution in [0.15, 0.2) is 29.2 Å². The summed E-state index contributed by atoms with van der Waals surface area (Å²) >= 11 is 5.01. The Kier molecular flexibility index (Phi) is 6.72. The molecule has 9 heteroatoms. The van der Waals surface area contributed by atoms with E-state index in [0.717, 1.165) is 6.26 Å². The molecule has 0 radical (unpaired) electrons. The third-order valence-electron chi connectivity index (χ3n) is 2.63. The molecular weight excluding hydrogens is 326 g/mol. The number of sulfone groups is 1. The lowest BCUT2D eigenvalue weighted by molar-refractivity contribution is 0.0943. The second kappa shape index (κ2) is 8.06. The zero-order chi connectivity index (χ0) is 16.8. The molecule has 0 fully saturated rings. The van der Waals surface area contributed by atoms with Crippen molar-refractivity contribution in [2.24, 2.45) is 0 Å². The van der Waals surface area contributed by atoms with E-state index in [2.05, 4.69) is 16.2 Å². The number of carbonyl (C=O) groups excluding carboxylic acids is 1. The average molecular weight is 345 g/mol. The Hall–Kier alpha value is -1.71. The van der Waals surface area contributed by atoms with Crippen LogP contribution >= 0.6 is 12.2 Å². The Bertz CT molecular complexity index is 629. The molecule has 0 unspecified atom stereocenters. The van der Waals surface area contributed by atoms with Gasteiger partial charge in [0.25, 0.3) is 5.91 Å². The number of hydrazine groups is 1. The molecule has 0 spiro atoms. The summed E-state index contributed by atoms with van der Waals surface area (Å²) in [6, 6.07) is 5.61. The normalized spacial score (nSPS) is 12.3. The third-order valence-corrected chi connectivity index (χ3v) is 3.98. The average Bonchev–Trinajstić information content (AvgIpc) is 2.44. The molecule has 7 nitrogen and oxygen atoms in total. The predicted molar refractivity (Wildman–Crippen MR) is 87.2 cm³/mol. The van der Waals surface area contributed by atoms with Crippen molar-refractivity contribution in [1.29, 1.82) is 0 Å². The highest BCUT2D eigenvalue weighted by atomic mass is 32.2. The van der Waals surface area contributed by atoms with Crippen LogP contribution < -0.4 is 16.2 Å². The van der Waals surface area contributed by atoms with Gasteiger partial charge < -0.3 is 10.1 Å². The van der Waals surface area contributed by atoms with E-state index < -0.39 is 15.7 Å². The fraction of sp³-hybridized carbons (Fsp3) is 0.385. The van der Waals surface area contributed by atoms with E-state index in [1.165, 1.54) is 24.3 Å². The van der Waals surface area contributed by atoms with Crippen LogP contribution in [0.5, 0.6) is 0 Å². The summed E-state index contributed by atoms with van der Waals surface area (Å²) in [6.45, 7) is 2.35. The third kappa shape index (κ3) is 5.96.